The van der Waals surface area contributed by atoms with E-state index in [-0.39, 0.29) is 18.2 Å². The number of ether oxygens (including phenoxy) is 2. The Kier molecular flexibility index (Phi) is 2.84. The number of nitrogens with one attached hydrogen (secondary N) is 1. The molecule has 0 spiro atoms. The summed E-state index contributed by atoms with van der Waals surface area (Å²) in [6.45, 7) is 0. The largest absolute Gasteiger partial charge is 0.468 e. The molecule has 2 atom stereocenters. The molecule has 0 unspecified atom stereocenters. The molecule has 1 fully saturated rings. The van der Waals surface area contributed by atoms with Crippen molar-refractivity contribution in [2.24, 2.45) is 0 Å². The van der Waals surface area contributed by atoms with Gasteiger partial charge in [-0.05, 0) is 12.8 Å². The lowest BCUT2D eigenvalue weighted by Crippen LogP contribution is -2.36. The Morgan fingerprint density at radius 3 is 2.64 bits per heavy atom. The zero-order valence-corrected chi connectivity index (χ0v) is 6.79. The van der Waals surface area contributed by atoms with Gasteiger partial charge in [0.1, 0.15) is 12.3 Å². The van der Waals surface area contributed by atoms with E-state index in [9.17, 15) is 4.79 Å². The molecule has 1 saturated heterocycles. The Morgan fingerprint density at radius 1 is 1.45 bits per heavy atom. The van der Waals surface area contributed by atoms with Crippen molar-refractivity contribution in [1.29, 1.82) is 0 Å². The first-order valence-electron chi connectivity index (χ1n) is 3.64. The molecule has 1 rings (SSSR count). The summed E-state index contributed by atoms with van der Waals surface area (Å²) in [6, 6.07) is -0.176. The summed E-state index contributed by atoms with van der Waals surface area (Å²) in [7, 11) is 3.02. The van der Waals surface area contributed by atoms with E-state index in [4.69, 9.17) is 4.74 Å². The van der Waals surface area contributed by atoms with Crippen LogP contribution in [0.5, 0.6) is 0 Å². The van der Waals surface area contributed by atoms with Gasteiger partial charge in [-0.2, -0.15) is 0 Å². The molecule has 0 bridgehead atoms. The van der Waals surface area contributed by atoms with Crippen LogP contribution >= 0.6 is 0 Å². The van der Waals surface area contributed by atoms with Crippen LogP contribution in [-0.2, 0) is 14.3 Å². The standard InChI is InChI=1S/C7H13NO3/c1-10-6-4-3-5(8-6)7(9)11-2/h5-6,8H,3-4H2,1-2H3/t5-,6-/m0/s1. The smallest absolute Gasteiger partial charge is 0.322 e. The molecule has 4 nitrogen and oxygen atoms in total. The molecule has 1 N–H and O–H groups in total. The second-order valence-electron chi connectivity index (χ2n) is 2.54. The molecule has 4 heteroatoms. The maximum atomic E-state index is 10.9. The van der Waals surface area contributed by atoms with Gasteiger partial charge in [0.2, 0.25) is 0 Å². The predicted molar refractivity (Wildman–Crippen MR) is 39.0 cm³/mol. The normalized spacial score (nSPS) is 30.4. The van der Waals surface area contributed by atoms with E-state index in [0.717, 1.165) is 12.8 Å². The van der Waals surface area contributed by atoms with E-state index in [1.807, 2.05) is 0 Å². The molecule has 11 heavy (non-hydrogen) atoms. The zero-order chi connectivity index (χ0) is 8.27. The lowest BCUT2D eigenvalue weighted by Gasteiger charge is -2.10. The maximum absolute atomic E-state index is 10.9. The van der Waals surface area contributed by atoms with Crippen molar-refractivity contribution < 1.29 is 14.3 Å². The van der Waals surface area contributed by atoms with Crippen LogP contribution < -0.4 is 5.32 Å². The summed E-state index contributed by atoms with van der Waals surface area (Å²) in [5.74, 6) is -0.204. The Bertz CT molecular complexity index is 149. The fraction of sp³-hybridized carbons (Fsp3) is 0.857. The van der Waals surface area contributed by atoms with Crippen molar-refractivity contribution in [3.05, 3.63) is 0 Å². The van der Waals surface area contributed by atoms with Crippen molar-refractivity contribution in [2.75, 3.05) is 14.2 Å². The summed E-state index contributed by atoms with van der Waals surface area (Å²) in [4.78, 5) is 10.9. The number of methoxy groups -OCH3 is 2. The van der Waals surface area contributed by atoms with Crippen molar-refractivity contribution in [2.45, 2.75) is 25.1 Å². The predicted octanol–water partition coefficient (Wildman–Crippen LogP) is -0.116. The van der Waals surface area contributed by atoms with Gasteiger partial charge in [0.05, 0.1) is 7.11 Å². The first kappa shape index (κ1) is 8.49. The van der Waals surface area contributed by atoms with Gasteiger partial charge in [0.25, 0.3) is 0 Å². The lowest BCUT2D eigenvalue weighted by atomic mass is 10.2. The first-order valence-corrected chi connectivity index (χ1v) is 3.64. The highest BCUT2D eigenvalue weighted by Crippen LogP contribution is 2.13. The summed E-state index contributed by atoms with van der Waals surface area (Å²) in [5, 5.41) is 2.99. The molecule has 0 aliphatic carbocycles. The number of esters is 1. The van der Waals surface area contributed by atoms with Gasteiger partial charge < -0.3 is 9.47 Å². The topological polar surface area (TPSA) is 47.6 Å². The minimum atomic E-state index is -0.204. The summed E-state index contributed by atoms with van der Waals surface area (Å²) in [6.07, 6.45) is 1.68. The van der Waals surface area contributed by atoms with Crippen molar-refractivity contribution in [3.8, 4) is 0 Å². The van der Waals surface area contributed by atoms with E-state index < -0.39 is 0 Å². The molecule has 0 amide bonds. The third kappa shape index (κ3) is 1.91. The van der Waals surface area contributed by atoms with Gasteiger partial charge in [-0.25, -0.2) is 0 Å². The minimum absolute atomic E-state index is 0.0131. The minimum Gasteiger partial charge on any atom is -0.468 e. The quantitative estimate of drug-likeness (QED) is 0.571. The molecule has 1 heterocycles. The van der Waals surface area contributed by atoms with Gasteiger partial charge in [-0.3, -0.25) is 10.1 Å². The highest BCUT2D eigenvalue weighted by Gasteiger charge is 2.29. The van der Waals surface area contributed by atoms with E-state index in [1.54, 1.807) is 7.11 Å². The molecular weight excluding hydrogens is 146 g/mol. The number of carbonyl (C=O) groups excluding carboxylic acids is 1. The molecule has 0 aromatic rings. The lowest BCUT2D eigenvalue weighted by molar-refractivity contribution is -0.143. The van der Waals surface area contributed by atoms with E-state index in [1.165, 1.54) is 7.11 Å². The summed E-state index contributed by atoms with van der Waals surface area (Å²) < 4.78 is 9.59. The van der Waals surface area contributed by atoms with Gasteiger partial charge in [0.15, 0.2) is 0 Å². The number of carbonyl (C=O) groups is 1. The Morgan fingerprint density at radius 2 is 2.18 bits per heavy atom. The summed E-state index contributed by atoms with van der Waals surface area (Å²) >= 11 is 0. The second kappa shape index (κ2) is 3.69. The fourth-order valence-corrected chi connectivity index (χ4v) is 1.22. The molecule has 1 aliphatic rings. The van der Waals surface area contributed by atoms with Gasteiger partial charge in [-0.15, -0.1) is 0 Å². The van der Waals surface area contributed by atoms with Crippen LogP contribution in [0, 0.1) is 0 Å². The number of rotatable bonds is 2. The summed E-state index contributed by atoms with van der Waals surface area (Å²) in [5.41, 5.74) is 0. The highest BCUT2D eigenvalue weighted by molar-refractivity contribution is 5.75. The molecule has 0 radical (unpaired) electrons. The van der Waals surface area contributed by atoms with Gasteiger partial charge >= 0.3 is 5.97 Å². The molecule has 0 aromatic heterocycles. The van der Waals surface area contributed by atoms with E-state index >= 15 is 0 Å². The van der Waals surface area contributed by atoms with Crippen LogP contribution in [-0.4, -0.2) is 32.5 Å². The molecular formula is C7H13NO3. The van der Waals surface area contributed by atoms with Crippen LogP contribution in [0.3, 0.4) is 0 Å². The molecule has 64 valence electrons. The number of hydrogen-bond donors (Lipinski definition) is 1. The van der Waals surface area contributed by atoms with Crippen molar-refractivity contribution in [1.82, 2.24) is 5.32 Å². The molecule has 0 aromatic carbocycles. The molecule has 1 aliphatic heterocycles. The van der Waals surface area contributed by atoms with Crippen LogP contribution in [0.1, 0.15) is 12.8 Å². The SMILES string of the molecule is COC(=O)[C@@H]1CC[C@H](OC)N1. The maximum Gasteiger partial charge on any atom is 0.322 e. The van der Waals surface area contributed by atoms with Crippen molar-refractivity contribution >= 4 is 5.97 Å². The fourth-order valence-electron chi connectivity index (χ4n) is 1.22. The third-order valence-corrected chi connectivity index (χ3v) is 1.87. The van der Waals surface area contributed by atoms with E-state index in [2.05, 4.69) is 10.1 Å². The van der Waals surface area contributed by atoms with E-state index in [0.29, 0.717) is 0 Å². The van der Waals surface area contributed by atoms with Gasteiger partial charge in [0, 0.05) is 7.11 Å². The number of hydrogen-bond acceptors (Lipinski definition) is 4. The first-order chi connectivity index (χ1) is 5.27. The Labute approximate surface area is 65.9 Å². The van der Waals surface area contributed by atoms with Crippen molar-refractivity contribution in [3.63, 3.8) is 0 Å². The zero-order valence-electron chi connectivity index (χ0n) is 6.79. The Hall–Kier alpha value is -0.610. The van der Waals surface area contributed by atoms with Crippen LogP contribution in [0.2, 0.25) is 0 Å². The highest BCUT2D eigenvalue weighted by atomic mass is 16.5. The second-order valence-corrected chi connectivity index (χ2v) is 2.54. The Balaban J connectivity index is 2.35. The van der Waals surface area contributed by atoms with Crippen LogP contribution in [0.25, 0.3) is 0 Å². The average Bonchev–Trinajstić information content (AvgIpc) is 2.50. The average molecular weight is 159 g/mol. The monoisotopic (exact) mass is 159 g/mol. The molecule has 0 saturated carbocycles. The third-order valence-electron chi connectivity index (χ3n) is 1.87. The van der Waals surface area contributed by atoms with Crippen LogP contribution in [0.4, 0.5) is 0 Å². The van der Waals surface area contributed by atoms with Crippen LogP contribution in [0.15, 0.2) is 0 Å². The van der Waals surface area contributed by atoms with Gasteiger partial charge in [-0.1, -0.05) is 0 Å².